The topological polar surface area (TPSA) is 68.8 Å². The Morgan fingerprint density at radius 3 is 2.68 bits per heavy atom. The van der Waals surface area contributed by atoms with Gasteiger partial charge in [-0.15, -0.1) is 0 Å². The summed E-state index contributed by atoms with van der Waals surface area (Å²) in [5.74, 6) is 0. The first-order valence-electron chi connectivity index (χ1n) is 10.4. The number of nitrogens with one attached hydrogen (secondary N) is 2. The number of carbonyl (C=O) groups excluding carboxylic acids is 1. The van der Waals surface area contributed by atoms with E-state index in [9.17, 15) is 4.79 Å². The molecule has 2 fully saturated rings. The lowest BCUT2D eigenvalue weighted by molar-refractivity contribution is -0.0926. The van der Waals surface area contributed by atoms with Crippen LogP contribution in [0.1, 0.15) is 58.1 Å². The molecule has 2 heterocycles. The SMILES string of the molecule is CC(C)(C)OC(=O)N[C@H]1CCCNC1CO[C@@H]1CC[C@H](c2ccccc2)OC1. The molecule has 0 radical (unpaired) electrons. The lowest BCUT2D eigenvalue weighted by atomic mass is 9.98. The second-order valence-corrected chi connectivity index (χ2v) is 8.72. The summed E-state index contributed by atoms with van der Waals surface area (Å²) >= 11 is 0. The van der Waals surface area contributed by atoms with Crippen molar-refractivity contribution in [2.45, 2.75) is 76.3 Å². The molecule has 0 bridgehead atoms. The van der Waals surface area contributed by atoms with Gasteiger partial charge in [0, 0.05) is 6.04 Å². The molecule has 4 atom stereocenters. The van der Waals surface area contributed by atoms with E-state index >= 15 is 0 Å². The lowest BCUT2D eigenvalue weighted by Crippen LogP contribution is -2.56. The summed E-state index contributed by atoms with van der Waals surface area (Å²) in [5, 5.41) is 6.48. The molecular formula is C22H34N2O4. The Labute approximate surface area is 168 Å². The third kappa shape index (κ3) is 6.47. The van der Waals surface area contributed by atoms with Gasteiger partial charge in [-0.05, 0) is 58.6 Å². The minimum absolute atomic E-state index is 0.0187. The fourth-order valence-corrected chi connectivity index (χ4v) is 3.79. The highest BCUT2D eigenvalue weighted by atomic mass is 16.6. The van der Waals surface area contributed by atoms with Crippen molar-refractivity contribution >= 4 is 6.09 Å². The molecule has 1 aromatic carbocycles. The van der Waals surface area contributed by atoms with Crippen LogP contribution < -0.4 is 10.6 Å². The van der Waals surface area contributed by atoms with Gasteiger partial charge >= 0.3 is 6.09 Å². The van der Waals surface area contributed by atoms with Gasteiger partial charge in [0.05, 0.1) is 31.5 Å². The van der Waals surface area contributed by atoms with Crippen molar-refractivity contribution in [2.75, 3.05) is 19.8 Å². The zero-order valence-electron chi connectivity index (χ0n) is 17.3. The maximum Gasteiger partial charge on any atom is 0.407 e. The van der Waals surface area contributed by atoms with Crippen LogP contribution in [0.25, 0.3) is 0 Å². The van der Waals surface area contributed by atoms with Gasteiger partial charge in [-0.25, -0.2) is 4.79 Å². The molecule has 0 spiro atoms. The van der Waals surface area contributed by atoms with E-state index in [0.29, 0.717) is 13.2 Å². The average molecular weight is 391 g/mol. The van der Waals surface area contributed by atoms with E-state index in [4.69, 9.17) is 14.2 Å². The van der Waals surface area contributed by atoms with E-state index in [-0.39, 0.29) is 30.4 Å². The summed E-state index contributed by atoms with van der Waals surface area (Å²) in [4.78, 5) is 12.1. The molecule has 2 saturated heterocycles. The van der Waals surface area contributed by atoms with E-state index in [1.165, 1.54) is 5.56 Å². The zero-order chi connectivity index (χ0) is 20.0. The van der Waals surface area contributed by atoms with Crippen LogP contribution in [-0.2, 0) is 14.2 Å². The molecule has 3 rings (SSSR count). The quantitative estimate of drug-likeness (QED) is 0.804. The van der Waals surface area contributed by atoms with Gasteiger partial charge < -0.3 is 24.8 Å². The predicted molar refractivity (Wildman–Crippen MR) is 108 cm³/mol. The van der Waals surface area contributed by atoms with Gasteiger partial charge in [-0.2, -0.15) is 0 Å². The normalized spacial score (nSPS) is 28.5. The van der Waals surface area contributed by atoms with Crippen LogP contribution in [0.15, 0.2) is 30.3 Å². The smallest absolute Gasteiger partial charge is 0.407 e. The van der Waals surface area contributed by atoms with Crippen LogP contribution in [-0.4, -0.2) is 49.6 Å². The van der Waals surface area contributed by atoms with Gasteiger partial charge in [-0.3, -0.25) is 0 Å². The largest absolute Gasteiger partial charge is 0.444 e. The fourth-order valence-electron chi connectivity index (χ4n) is 3.79. The number of amides is 1. The summed E-state index contributed by atoms with van der Waals surface area (Å²) in [6.45, 7) is 7.73. The summed E-state index contributed by atoms with van der Waals surface area (Å²) in [5.41, 5.74) is 0.740. The van der Waals surface area contributed by atoms with Crippen molar-refractivity contribution in [2.24, 2.45) is 0 Å². The number of alkyl carbamates (subject to hydrolysis) is 1. The Bertz CT molecular complexity index is 609. The monoisotopic (exact) mass is 390 g/mol. The molecule has 1 amide bonds. The van der Waals surface area contributed by atoms with Gasteiger partial charge in [0.25, 0.3) is 0 Å². The number of ether oxygens (including phenoxy) is 3. The molecular weight excluding hydrogens is 356 g/mol. The van der Waals surface area contributed by atoms with Gasteiger partial charge in [0.2, 0.25) is 0 Å². The summed E-state index contributed by atoms with van der Waals surface area (Å²) in [6, 6.07) is 10.5. The molecule has 156 valence electrons. The van der Waals surface area contributed by atoms with Crippen LogP contribution in [0.3, 0.4) is 0 Å². The van der Waals surface area contributed by atoms with E-state index in [1.807, 2.05) is 39.0 Å². The van der Waals surface area contributed by atoms with E-state index in [0.717, 1.165) is 32.2 Å². The van der Waals surface area contributed by atoms with Crippen LogP contribution in [0.4, 0.5) is 4.79 Å². The highest BCUT2D eigenvalue weighted by molar-refractivity contribution is 5.68. The summed E-state index contributed by atoms with van der Waals surface area (Å²) in [6.07, 6.45) is 3.81. The van der Waals surface area contributed by atoms with Gasteiger partial charge in [-0.1, -0.05) is 30.3 Å². The number of hydrogen-bond donors (Lipinski definition) is 2. The van der Waals surface area contributed by atoms with E-state index in [2.05, 4.69) is 22.8 Å². The molecule has 1 aromatic rings. The minimum Gasteiger partial charge on any atom is -0.444 e. The molecule has 0 saturated carbocycles. The van der Waals surface area contributed by atoms with Crippen molar-refractivity contribution < 1.29 is 19.0 Å². The first kappa shape index (κ1) is 21.1. The van der Waals surface area contributed by atoms with Crippen LogP contribution >= 0.6 is 0 Å². The second-order valence-electron chi connectivity index (χ2n) is 8.72. The highest BCUT2D eigenvalue weighted by Crippen LogP contribution is 2.29. The molecule has 2 aliphatic rings. The Kier molecular flexibility index (Phi) is 7.32. The summed E-state index contributed by atoms with van der Waals surface area (Å²) in [7, 11) is 0. The third-order valence-corrected chi connectivity index (χ3v) is 5.20. The number of rotatable bonds is 5. The molecule has 1 unspecified atom stereocenters. The molecule has 2 N–H and O–H groups in total. The summed E-state index contributed by atoms with van der Waals surface area (Å²) < 4.78 is 17.6. The van der Waals surface area contributed by atoms with Gasteiger partial charge in [0.1, 0.15) is 5.60 Å². The number of benzene rings is 1. The Morgan fingerprint density at radius 2 is 2.00 bits per heavy atom. The number of hydrogen-bond acceptors (Lipinski definition) is 5. The molecule has 6 heteroatoms. The lowest BCUT2D eigenvalue weighted by Gasteiger charge is -2.35. The Morgan fingerprint density at radius 1 is 1.21 bits per heavy atom. The Balaban J connectivity index is 1.43. The highest BCUT2D eigenvalue weighted by Gasteiger charge is 2.30. The van der Waals surface area contributed by atoms with Crippen LogP contribution in [0, 0.1) is 0 Å². The van der Waals surface area contributed by atoms with Crippen LogP contribution in [0.5, 0.6) is 0 Å². The number of piperidine rings is 1. The van der Waals surface area contributed by atoms with E-state index < -0.39 is 5.60 Å². The van der Waals surface area contributed by atoms with Crippen molar-refractivity contribution in [3.8, 4) is 0 Å². The van der Waals surface area contributed by atoms with Gasteiger partial charge in [0.15, 0.2) is 0 Å². The minimum atomic E-state index is -0.493. The first-order chi connectivity index (χ1) is 13.4. The van der Waals surface area contributed by atoms with Crippen molar-refractivity contribution in [1.29, 1.82) is 0 Å². The average Bonchev–Trinajstić information content (AvgIpc) is 2.67. The van der Waals surface area contributed by atoms with Crippen molar-refractivity contribution in [1.82, 2.24) is 10.6 Å². The van der Waals surface area contributed by atoms with Crippen molar-refractivity contribution in [3.63, 3.8) is 0 Å². The molecule has 28 heavy (non-hydrogen) atoms. The predicted octanol–water partition coefficient (Wildman–Crippen LogP) is 3.57. The van der Waals surface area contributed by atoms with Crippen molar-refractivity contribution in [3.05, 3.63) is 35.9 Å². The first-order valence-corrected chi connectivity index (χ1v) is 10.4. The standard InChI is InChI=1S/C22H34N2O4/c1-22(2,3)28-21(25)24-18-10-7-13-23-19(18)15-26-17-11-12-20(27-14-17)16-8-5-4-6-9-16/h4-6,8-9,17-20,23H,7,10-15H2,1-3H3,(H,24,25)/t17-,18+,19?,20-/m1/s1. The zero-order valence-corrected chi connectivity index (χ0v) is 17.3. The molecule has 0 aromatic heterocycles. The molecule has 0 aliphatic carbocycles. The number of carbonyl (C=O) groups is 1. The maximum atomic E-state index is 12.1. The van der Waals surface area contributed by atoms with E-state index in [1.54, 1.807) is 0 Å². The molecule has 2 aliphatic heterocycles. The molecule has 6 nitrogen and oxygen atoms in total. The third-order valence-electron chi connectivity index (χ3n) is 5.20. The van der Waals surface area contributed by atoms with Crippen LogP contribution in [0.2, 0.25) is 0 Å². The maximum absolute atomic E-state index is 12.1. The Hall–Kier alpha value is -1.63. The second kappa shape index (κ2) is 9.72. The fraction of sp³-hybridized carbons (Fsp3) is 0.682.